The summed E-state index contributed by atoms with van der Waals surface area (Å²) in [6, 6.07) is -0.146. The van der Waals surface area contributed by atoms with E-state index in [1.54, 1.807) is 4.90 Å². The van der Waals surface area contributed by atoms with E-state index in [0.29, 0.717) is 32.4 Å². The molecule has 0 aliphatic carbocycles. The lowest BCUT2D eigenvalue weighted by Crippen LogP contribution is -2.59. The van der Waals surface area contributed by atoms with Gasteiger partial charge in [0.25, 0.3) is 0 Å². The van der Waals surface area contributed by atoms with E-state index in [2.05, 4.69) is 16.0 Å². The van der Waals surface area contributed by atoms with Crippen LogP contribution >= 0.6 is 0 Å². The predicted octanol–water partition coefficient (Wildman–Crippen LogP) is -5.27. The number of nitrogens with zero attached hydrogens (tertiary/aromatic N) is 1. The van der Waals surface area contributed by atoms with Crippen LogP contribution in [0.15, 0.2) is 0 Å². The van der Waals surface area contributed by atoms with Gasteiger partial charge in [-0.2, -0.15) is 0 Å². The first-order chi connectivity index (χ1) is 52.3. The van der Waals surface area contributed by atoms with Crippen molar-refractivity contribution in [3.8, 4) is 0 Å². The summed E-state index contributed by atoms with van der Waals surface area (Å²) in [7, 11) is 0. The van der Waals surface area contributed by atoms with E-state index in [-0.39, 0.29) is 232 Å². The van der Waals surface area contributed by atoms with Gasteiger partial charge >= 0.3 is 0 Å². The quantitative estimate of drug-likeness (QED) is 0.0253. The maximum absolute atomic E-state index is 14.1. The Kier molecular flexibility index (Phi) is 50.8. The number of β-amino-alcohol motifs (C(OH)–C–C–N with tert-alkyl or cyclic N) is 1. The Hall–Kier alpha value is -3.61. The molecule has 0 spiro atoms. The van der Waals surface area contributed by atoms with E-state index in [1.807, 2.05) is 20.8 Å². The van der Waals surface area contributed by atoms with Crippen molar-refractivity contribution in [2.24, 2.45) is 5.41 Å². The molecule has 4 aliphatic heterocycles. The van der Waals surface area contributed by atoms with E-state index >= 15 is 0 Å². The molecule has 0 radical (unpaired) electrons. The van der Waals surface area contributed by atoms with Crippen molar-refractivity contribution in [3.05, 3.63) is 0 Å². The lowest BCUT2D eigenvalue weighted by molar-refractivity contribution is -0.302. The van der Waals surface area contributed by atoms with Crippen molar-refractivity contribution in [2.75, 3.05) is 191 Å². The number of ketones is 1. The van der Waals surface area contributed by atoms with Gasteiger partial charge in [0.05, 0.1) is 183 Å². The highest BCUT2D eigenvalue weighted by molar-refractivity contribution is 5.79. The summed E-state index contributed by atoms with van der Waals surface area (Å²) in [5, 5.41) is 137. The number of ether oxygens (including phenoxy) is 16. The number of aliphatic hydroxyl groups excluding tert-OH is 13. The van der Waals surface area contributed by atoms with Gasteiger partial charge in [-0.3, -0.25) is 24.0 Å². The monoisotopic (exact) mass is 1580 g/mol. The average Bonchev–Trinajstić information content (AvgIpc) is 1.14. The van der Waals surface area contributed by atoms with Crippen molar-refractivity contribution >= 4 is 29.4 Å². The van der Waals surface area contributed by atoms with Crippen LogP contribution in [0.4, 0.5) is 0 Å². The van der Waals surface area contributed by atoms with E-state index in [9.17, 15) is 90.4 Å². The molecule has 109 heavy (non-hydrogen) atoms. The summed E-state index contributed by atoms with van der Waals surface area (Å²) >= 11 is 0. The fourth-order valence-electron chi connectivity index (χ4n) is 12.0. The molecule has 4 aliphatic rings. The molecule has 0 aromatic rings. The molecule has 0 aromatic heterocycles. The molecule has 4 rings (SSSR count). The standard InChI is InChI=1S/C71H130N4O34/c1-70(2,3)106-44-48-38-50(80)40-75(48)57(84)13-11-9-7-5-4-6-8-10-12-49(79)39-71(45-100-20-14-54(81)72-17-23-94-26-29-97-32-35-103-67-64(91)61(88)58(85)51(41-76)107-67,46-101-21-15-55(82)73-18-24-95-27-30-98-33-36-104-68-65(92)62(89)59(86)52(42-77)108-68)47-102-22-16-56(83)74-19-25-96-28-31-99-34-37-105-69-66(93)63(90)60(87)53(43-78)109-69/h48,50-53,58-69,76-78,80,85-93H,4-47H2,1-3H3,(H,72,81)(H,73,82)(H,74,83)/t48-,50?,51?,52?,53?,58+,59+,60+,61-,62-,63-,64?,65?,66?,67-,68-,69-,71?/m0/s1. The second kappa shape index (κ2) is 56.6. The first-order valence-corrected chi connectivity index (χ1v) is 38.2. The second-order valence-electron chi connectivity index (χ2n) is 28.4. The molecule has 4 fully saturated rings. The number of unbranched alkanes of at least 4 members (excludes halogenated alkanes) is 7. The minimum atomic E-state index is -1.57. The van der Waals surface area contributed by atoms with Gasteiger partial charge in [-0.05, 0) is 40.0 Å². The molecule has 38 heteroatoms. The zero-order chi connectivity index (χ0) is 79.8. The summed E-state index contributed by atoms with van der Waals surface area (Å²) in [5.41, 5.74) is -1.50. The summed E-state index contributed by atoms with van der Waals surface area (Å²) in [6.07, 6.45) is -14.0. The van der Waals surface area contributed by atoms with Gasteiger partial charge in [0.15, 0.2) is 18.9 Å². The SMILES string of the molecule is CC(C)(C)OC[C@@H]1CC(O)CN1C(=O)CCCCCCCCCCC(=O)CC(COCCC(=O)NCCOCCOCCO[C@H]1OC(CO)[C@@H](O)[C@H](O)C1O)(COCCC(=O)NCCOCCOCCO[C@H]1OC(CO)[C@@H](O)[C@H](O)C1O)COCCC(=O)NCCOCCOCCO[C@H]1OC(CO)[C@@H](O)[C@H](O)C1O. The summed E-state index contributed by atoms with van der Waals surface area (Å²) in [6.45, 7) is 6.18. The Labute approximate surface area is 638 Å². The van der Waals surface area contributed by atoms with Crippen molar-refractivity contribution in [2.45, 2.75) is 227 Å². The molecular weight excluding hydrogens is 1450 g/mol. The Morgan fingerprint density at radius 2 is 0.706 bits per heavy atom. The van der Waals surface area contributed by atoms with Gasteiger partial charge in [0.2, 0.25) is 23.6 Å². The maximum Gasteiger partial charge on any atom is 0.222 e. The first-order valence-electron chi connectivity index (χ1n) is 38.2. The molecule has 4 amide bonds. The topological polar surface area (TPSA) is 535 Å². The zero-order valence-corrected chi connectivity index (χ0v) is 63.8. The third-order valence-corrected chi connectivity index (χ3v) is 18.1. The maximum atomic E-state index is 14.1. The lowest BCUT2D eigenvalue weighted by Gasteiger charge is -2.39. The van der Waals surface area contributed by atoms with Gasteiger partial charge in [0.1, 0.15) is 79.0 Å². The van der Waals surface area contributed by atoms with Crippen LogP contribution in [0.25, 0.3) is 0 Å². The lowest BCUT2D eigenvalue weighted by atomic mass is 9.84. The van der Waals surface area contributed by atoms with Crippen LogP contribution < -0.4 is 16.0 Å². The highest BCUT2D eigenvalue weighted by atomic mass is 16.7. The van der Waals surface area contributed by atoms with Crippen LogP contribution in [-0.4, -0.2) is 402 Å². The Balaban J connectivity index is 1.26. The summed E-state index contributed by atoms with van der Waals surface area (Å²) in [5.74, 6) is -1.13. The smallest absolute Gasteiger partial charge is 0.222 e. The molecule has 0 bridgehead atoms. The summed E-state index contributed by atoms with van der Waals surface area (Å²) in [4.78, 5) is 67.9. The van der Waals surface area contributed by atoms with E-state index in [1.165, 1.54) is 0 Å². The molecule has 638 valence electrons. The number of Topliss-reactive ketones (excluding diaryl/α,β-unsaturated/α-hetero) is 1. The average molecular weight is 1580 g/mol. The molecule has 4 saturated heterocycles. The number of carbonyl (C=O) groups excluding carboxylic acids is 5. The minimum Gasteiger partial charge on any atom is -0.394 e. The van der Waals surface area contributed by atoms with Crippen LogP contribution in [0.1, 0.15) is 117 Å². The molecule has 16 N–H and O–H groups in total. The van der Waals surface area contributed by atoms with Gasteiger partial charge in [-0.25, -0.2) is 0 Å². The molecule has 17 atom stereocenters. The Bertz CT molecular complexity index is 2220. The summed E-state index contributed by atoms with van der Waals surface area (Å²) < 4.78 is 89.7. The van der Waals surface area contributed by atoms with Crippen LogP contribution in [0.5, 0.6) is 0 Å². The Morgan fingerprint density at radius 1 is 0.385 bits per heavy atom. The molecule has 7 unspecified atom stereocenters. The molecule has 0 aromatic carbocycles. The highest BCUT2D eigenvalue weighted by Crippen LogP contribution is 2.29. The minimum absolute atomic E-state index is 0.0268. The molecular formula is C71H130N4O34. The number of amides is 4. The number of hydrogen-bond acceptors (Lipinski definition) is 34. The van der Waals surface area contributed by atoms with Gasteiger partial charge in [0, 0.05) is 70.1 Å². The number of carbonyl (C=O) groups is 5. The van der Waals surface area contributed by atoms with Crippen molar-refractivity contribution < 1.29 is 166 Å². The largest absolute Gasteiger partial charge is 0.394 e. The Morgan fingerprint density at radius 3 is 1.05 bits per heavy atom. The van der Waals surface area contributed by atoms with Crippen LogP contribution in [0.2, 0.25) is 0 Å². The van der Waals surface area contributed by atoms with Crippen molar-refractivity contribution in [1.29, 1.82) is 0 Å². The van der Waals surface area contributed by atoms with Gasteiger partial charge in [-0.1, -0.05) is 38.5 Å². The number of nitrogens with one attached hydrogen (secondary N) is 3. The highest BCUT2D eigenvalue weighted by Gasteiger charge is 2.47. The fourth-order valence-corrected chi connectivity index (χ4v) is 12.0. The third kappa shape index (κ3) is 40.0. The molecule has 4 heterocycles. The van der Waals surface area contributed by atoms with Gasteiger partial charge < -0.3 is 163 Å². The number of likely N-dealkylation sites (tertiary alicyclic amines) is 1. The van der Waals surface area contributed by atoms with Crippen LogP contribution in [0.3, 0.4) is 0 Å². The third-order valence-electron chi connectivity index (χ3n) is 18.1. The van der Waals surface area contributed by atoms with Gasteiger partial charge in [-0.15, -0.1) is 0 Å². The fraction of sp³-hybridized carbons (Fsp3) is 0.930. The van der Waals surface area contributed by atoms with Crippen LogP contribution in [0, 0.1) is 5.41 Å². The molecule has 0 saturated carbocycles. The number of aliphatic hydroxyl groups is 13. The zero-order valence-electron chi connectivity index (χ0n) is 63.8. The number of hydrogen-bond donors (Lipinski definition) is 16. The van der Waals surface area contributed by atoms with E-state index < -0.39 is 123 Å². The molecule has 38 nitrogen and oxygen atoms in total. The van der Waals surface area contributed by atoms with E-state index in [4.69, 9.17) is 75.8 Å². The van der Waals surface area contributed by atoms with Crippen molar-refractivity contribution in [3.63, 3.8) is 0 Å². The van der Waals surface area contributed by atoms with Crippen molar-refractivity contribution in [1.82, 2.24) is 20.9 Å². The first kappa shape index (κ1) is 97.8. The second-order valence-corrected chi connectivity index (χ2v) is 28.4. The van der Waals surface area contributed by atoms with Crippen LogP contribution in [-0.2, 0) is 99.8 Å². The number of rotatable bonds is 63. The normalized spacial score (nSPS) is 27.2. The predicted molar refractivity (Wildman–Crippen MR) is 379 cm³/mol. The van der Waals surface area contributed by atoms with E-state index in [0.717, 1.165) is 44.9 Å².